The molecule has 0 aliphatic carbocycles. The molecule has 0 unspecified atom stereocenters. The highest BCUT2D eigenvalue weighted by Crippen LogP contribution is 2.18. The summed E-state index contributed by atoms with van der Waals surface area (Å²) in [5, 5.41) is 2.86. The highest BCUT2D eigenvalue weighted by molar-refractivity contribution is 5.79. The van der Waals surface area contributed by atoms with Gasteiger partial charge in [-0.3, -0.25) is 9.59 Å². The first kappa shape index (κ1) is 20.2. The SMILES string of the molecule is CC(C)NC(=O)CCCC(=O)N(Cc1ccccc1)CC(C)(C)C. The Hall–Kier alpha value is -1.84. The van der Waals surface area contributed by atoms with Crippen molar-refractivity contribution in [2.75, 3.05) is 6.54 Å². The van der Waals surface area contributed by atoms with Gasteiger partial charge in [-0.25, -0.2) is 0 Å². The number of hydrogen-bond acceptors (Lipinski definition) is 2. The average Bonchev–Trinajstić information content (AvgIpc) is 2.45. The molecule has 0 aliphatic rings. The third kappa shape index (κ3) is 8.70. The van der Waals surface area contributed by atoms with Crippen molar-refractivity contribution in [3.63, 3.8) is 0 Å². The molecule has 134 valence electrons. The molecule has 0 atom stereocenters. The summed E-state index contributed by atoms with van der Waals surface area (Å²) >= 11 is 0. The van der Waals surface area contributed by atoms with Crippen molar-refractivity contribution in [3.8, 4) is 0 Å². The summed E-state index contributed by atoms with van der Waals surface area (Å²) in [6.45, 7) is 11.6. The molecule has 24 heavy (non-hydrogen) atoms. The van der Waals surface area contributed by atoms with Crippen LogP contribution >= 0.6 is 0 Å². The van der Waals surface area contributed by atoms with E-state index in [0.717, 1.165) is 5.56 Å². The second-order valence-corrected chi connectivity index (χ2v) is 7.87. The van der Waals surface area contributed by atoms with E-state index in [1.54, 1.807) is 0 Å². The number of nitrogens with one attached hydrogen (secondary N) is 1. The van der Waals surface area contributed by atoms with Gasteiger partial charge in [-0.05, 0) is 31.2 Å². The molecule has 0 saturated heterocycles. The quantitative estimate of drug-likeness (QED) is 0.788. The maximum Gasteiger partial charge on any atom is 0.222 e. The molecule has 1 N–H and O–H groups in total. The maximum atomic E-state index is 12.6. The second kappa shape index (κ2) is 9.45. The molecule has 4 nitrogen and oxygen atoms in total. The highest BCUT2D eigenvalue weighted by Gasteiger charge is 2.21. The molecule has 2 amide bonds. The highest BCUT2D eigenvalue weighted by atomic mass is 16.2. The van der Waals surface area contributed by atoms with Crippen molar-refractivity contribution in [1.29, 1.82) is 0 Å². The Labute approximate surface area is 146 Å². The molecule has 0 aromatic heterocycles. The van der Waals surface area contributed by atoms with E-state index in [1.165, 1.54) is 0 Å². The zero-order chi connectivity index (χ0) is 18.2. The number of benzene rings is 1. The monoisotopic (exact) mass is 332 g/mol. The minimum Gasteiger partial charge on any atom is -0.354 e. The van der Waals surface area contributed by atoms with Crippen LogP contribution in [0.2, 0.25) is 0 Å². The van der Waals surface area contributed by atoms with E-state index in [9.17, 15) is 9.59 Å². The molecule has 1 aromatic carbocycles. The number of nitrogens with zero attached hydrogens (tertiary/aromatic N) is 1. The van der Waals surface area contributed by atoms with Crippen molar-refractivity contribution in [3.05, 3.63) is 35.9 Å². The van der Waals surface area contributed by atoms with Crippen LogP contribution in [-0.2, 0) is 16.1 Å². The van der Waals surface area contributed by atoms with Gasteiger partial charge in [-0.15, -0.1) is 0 Å². The van der Waals surface area contributed by atoms with Crippen molar-refractivity contribution in [1.82, 2.24) is 10.2 Å². The first-order valence-corrected chi connectivity index (χ1v) is 8.78. The topological polar surface area (TPSA) is 49.4 Å². The van der Waals surface area contributed by atoms with E-state index in [-0.39, 0.29) is 23.3 Å². The van der Waals surface area contributed by atoms with E-state index >= 15 is 0 Å². The van der Waals surface area contributed by atoms with Gasteiger partial charge in [-0.2, -0.15) is 0 Å². The van der Waals surface area contributed by atoms with Gasteiger partial charge in [0.05, 0.1) is 0 Å². The van der Waals surface area contributed by atoms with Crippen LogP contribution < -0.4 is 5.32 Å². The van der Waals surface area contributed by atoms with Crippen LogP contribution in [-0.4, -0.2) is 29.3 Å². The van der Waals surface area contributed by atoms with E-state index in [1.807, 2.05) is 49.1 Å². The summed E-state index contributed by atoms with van der Waals surface area (Å²) in [7, 11) is 0. The molecule has 1 rings (SSSR count). The third-order valence-corrected chi connectivity index (χ3v) is 3.48. The fourth-order valence-corrected chi connectivity index (χ4v) is 2.56. The Kier molecular flexibility index (Phi) is 7.96. The molecule has 0 spiro atoms. The molecular formula is C20H32N2O2. The molecule has 0 heterocycles. The lowest BCUT2D eigenvalue weighted by Crippen LogP contribution is -2.37. The smallest absolute Gasteiger partial charge is 0.222 e. The Morgan fingerprint density at radius 1 is 1.08 bits per heavy atom. The third-order valence-electron chi connectivity index (χ3n) is 3.48. The second-order valence-electron chi connectivity index (χ2n) is 7.87. The first-order valence-electron chi connectivity index (χ1n) is 8.78. The fraction of sp³-hybridized carbons (Fsp3) is 0.600. The molecule has 0 saturated carbocycles. The van der Waals surface area contributed by atoms with Crippen molar-refractivity contribution >= 4 is 11.8 Å². The van der Waals surface area contributed by atoms with Gasteiger partial charge in [0.15, 0.2) is 0 Å². The predicted molar refractivity (Wildman–Crippen MR) is 98.4 cm³/mol. The van der Waals surface area contributed by atoms with Crippen LogP contribution in [0.3, 0.4) is 0 Å². The fourth-order valence-electron chi connectivity index (χ4n) is 2.56. The van der Waals surface area contributed by atoms with Crippen LogP contribution in [0.1, 0.15) is 59.4 Å². The van der Waals surface area contributed by atoms with Crippen LogP contribution in [0, 0.1) is 5.41 Å². The maximum absolute atomic E-state index is 12.6. The van der Waals surface area contributed by atoms with Gasteiger partial charge in [0.2, 0.25) is 11.8 Å². The number of carbonyl (C=O) groups is 2. The van der Waals surface area contributed by atoms with Gasteiger partial charge >= 0.3 is 0 Å². The summed E-state index contributed by atoms with van der Waals surface area (Å²) in [5.41, 5.74) is 1.17. The zero-order valence-electron chi connectivity index (χ0n) is 15.8. The Bertz CT molecular complexity index is 518. The molecule has 1 aromatic rings. The summed E-state index contributed by atoms with van der Waals surface area (Å²) in [6.07, 6.45) is 1.40. The Balaban J connectivity index is 2.59. The molecule has 4 heteroatoms. The van der Waals surface area contributed by atoms with Gasteiger partial charge in [0.1, 0.15) is 0 Å². The predicted octanol–water partition coefficient (Wildman–Crippen LogP) is 3.76. The van der Waals surface area contributed by atoms with Crippen molar-refractivity contribution in [2.45, 2.75) is 66.5 Å². The zero-order valence-corrected chi connectivity index (χ0v) is 15.8. The summed E-state index contributed by atoms with van der Waals surface area (Å²) in [4.78, 5) is 26.2. The van der Waals surface area contributed by atoms with Crippen LogP contribution in [0.25, 0.3) is 0 Å². The molecule has 0 fully saturated rings. The summed E-state index contributed by atoms with van der Waals surface area (Å²) in [5.74, 6) is 0.134. The van der Waals surface area contributed by atoms with Crippen LogP contribution in [0.4, 0.5) is 0 Å². The Morgan fingerprint density at radius 3 is 2.25 bits per heavy atom. The summed E-state index contributed by atoms with van der Waals surface area (Å²) in [6, 6.07) is 10.2. The largest absolute Gasteiger partial charge is 0.354 e. The van der Waals surface area contributed by atoms with Gasteiger partial charge < -0.3 is 10.2 Å². The van der Waals surface area contributed by atoms with E-state index < -0.39 is 0 Å². The minimum atomic E-state index is 0.0169. The minimum absolute atomic E-state index is 0.0169. The molecule has 0 radical (unpaired) electrons. The first-order chi connectivity index (χ1) is 11.2. The number of hydrogen-bond donors (Lipinski definition) is 1. The van der Waals surface area contributed by atoms with E-state index in [4.69, 9.17) is 0 Å². The van der Waals surface area contributed by atoms with Crippen molar-refractivity contribution < 1.29 is 9.59 Å². The van der Waals surface area contributed by atoms with Crippen LogP contribution in [0.5, 0.6) is 0 Å². The number of rotatable bonds is 8. The lowest BCUT2D eigenvalue weighted by Gasteiger charge is -2.30. The standard InChI is InChI=1S/C20H32N2O2/c1-16(2)21-18(23)12-9-13-19(24)22(15-20(3,4)5)14-17-10-7-6-8-11-17/h6-8,10-11,16H,9,12-15H2,1-5H3,(H,21,23). The average molecular weight is 332 g/mol. The number of amides is 2. The normalized spacial score (nSPS) is 11.4. The Morgan fingerprint density at radius 2 is 1.71 bits per heavy atom. The molecule has 0 bridgehead atoms. The van der Waals surface area contributed by atoms with E-state index in [2.05, 4.69) is 26.1 Å². The lowest BCUT2D eigenvalue weighted by atomic mass is 9.95. The van der Waals surface area contributed by atoms with Gasteiger partial charge in [0.25, 0.3) is 0 Å². The number of carbonyl (C=O) groups excluding carboxylic acids is 2. The summed E-state index contributed by atoms with van der Waals surface area (Å²) < 4.78 is 0. The lowest BCUT2D eigenvalue weighted by molar-refractivity contribution is -0.133. The van der Waals surface area contributed by atoms with Gasteiger partial charge in [0, 0.05) is 32.0 Å². The van der Waals surface area contributed by atoms with E-state index in [0.29, 0.717) is 32.4 Å². The molecular weight excluding hydrogens is 300 g/mol. The van der Waals surface area contributed by atoms with Crippen LogP contribution in [0.15, 0.2) is 30.3 Å². The van der Waals surface area contributed by atoms with Gasteiger partial charge in [-0.1, -0.05) is 51.1 Å². The van der Waals surface area contributed by atoms with Crippen molar-refractivity contribution in [2.24, 2.45) is 5.41 Å². The molecule has 0 aliphatic heterocycles.